The standard InChI is InChI=1S/C30H33NO3S/c1-2-30(19-18-25-23(21-10-4-11-21)13-6-16-27(25)30)29(32)31-35(33,34)28-17-7-14-24-22(20-8-3-9-20)12-5-15-26(24)28/h5-7,12-17,20-21H,2-4,8-11,18-19H2,1H3,(H,31,32). The Labute approximate surface area is 208 Å². The van der Waals surface area contributed by atoms with Crippen molar-refractivity contribution < 1.29 is 13.2 Å². The van der Waals surface area contributed by atoms with E-state index in [1.807, 2.05) is 31.2 Å². The molecule has 0 saturated heterocycles. The van der Waals surface area contributed by atoms with Crippen LogP contribution in [0.3, 0.4) is 0 Å². The average Bonchev–Trinajstić information content (AvgIpc) is 3.17. The molecule has 0 bridgehead atoms. The molecule has 3 aliphatic rings. The summed E-state index contributed by atoms with van der Waals surface area (Å²) in [6.07, 6.45) is 9.27. The summed E-state index contributed by atoms with van der Waals surface area (Å²) in [6.45, 7) is 2.00. The highest BCUT2D eigenvalue weighted by molar-refractivity contribution is 7.90. The molecular formula is C30H33NO3S. The van der Waals surface area contributed by atoms with E-state index in [-0.39, 0.29) is 4.90 Å². The number of fused-ring (bicyclic) bond motifs is 2. The van der Waals surface area contributed by atoms with Crippen LogP contribution in [0.15, 0.2) is 59.5 Å². The van der Waals surface area contributed by atoms with Crippen LogP contribution in [0.5, 0.6) is 0 Å². The van der Waals surface area contributed by atoms with E-state index in [0.717, 1.165) is 30.2 Å². The molecule has 1 unspecified atom stereocenters. The Kier molecular flexibility index (Phi) is 5.52. The van der Waals surface area contributed by atoms with Crippen LogP contribution in [0.25, 0.3) is 10.8 Å². The Morgan fingerprint density at radius 3 is 2.20 bits per heavy atom. The fourth-order valence-electron chi connectivity index (χ4n) is 6.56. The van der Waals surface area contributed by atoms with Gasteiger partial charge in [-0.2, -0.15) is 0 Å². The van der Waals surface area contributed by atoms with Gasteiger partial charge in [-0.1, -0.05) is 68.3 Å². The molecule has 35 heavy (non-hydrogen) atoms. The number of amides is 1. The van der Waals surface area contributed by atoms with Crippen molar-refractivity contribution in [2.24, 2.45) is 0 Å². The molecule has 4 nitrogen and oxygen atoms in total. The van der Waals surface area contributed by atoms with Gasteiger partial charge in [0.15, 0.2) is 0 Å². The Balaban J connectivity index is 1.36. The third-order valence-corrected chi connectivity index (χ3v) is 10.5. The maximum atomic E-state index is 13.8. The highest BCUT2D eigenvalue weighted by atomic mass is 32.2. The Bertz CT molecular complexity index is 1420. The van der Waals surface area contributed by atoms with Crippen molar-refractivity contribution in [2.75, 3.05) is 0 Å². The van der Waals surface area contributed by atoms with Crippen LogP contribution in [0, 0.1) is 0 Å². The largest absolute Gasteiger partial charge is 0.273 e. The highest BCUT2D eigenvalue weighted by Crippen LogP contribution is 2.48. The van der Waals surface area contributed by atoms with E-state index >= 15 is 0 Å². The van der Waals surface area contributed by atoms with E-state index in [1.165, 1.54) is 42.4 Å². The first-order valence-corrected chi connectivity index (χ1v) is 14.6. The van der Waals surface area contributed by atoms with E-state index < -0.39 is 21.3 Å². The van der Waals surface area contributed by atoms with E-state index in [0.29, 0.717) is 30.1 Å². The first-order valence-electron chi connectivity index (χ1n) is 13.2. The monoisotopic (exact) mass is 487 g/mol. The van der Waals surface area contributed by atoms with Crippen LogP contribution < -0.4 is 4.72 Å². The summed E-state index contributed by atoms with van der Waals surface area (Å²) < 4.78 is 29.8. The van der Waals surface area contributed by atoms with Crippen LogP contribution in [0.4, 0.5) is 0 Å². The molecule has 1 atom stereocenters. The number of carbonyl (C=O) groups is 1. The predicted octanol–water partition coefficient (Wildman–Crippen LogP) is 6.47. The summed E-state index contributed by atoms with van der Waals surface area (Å²) in [5.74, 6) is 0.691. The van der Waals surface area contributed by atoms with Gasteiger partial charge in [0.1, 0.15) is 0 Å². The zero-order valence-corrected chi connectivity index (χ0v) is 21.2. The summed E-state index contributed by atoms with van der Waals surface area (Å²) in [4.78, 5) is 14.0. The molecule has 0 spiro atoms. The van der Waals surface area contributed by atoms with Crippen molar-refractivity contribution in [3.05, 3.63) is 76.9 Å². The lowest BCUT2D eigenvalue weighted by molar-refractivity contribution is -0.125. The maximum Gasteiger partial charge on any atom is 0.264 e. The van der Waals surface area contributed by atoms with Crippen molar-refractivity contribution in [2.45, 2.75) is 86.9 Å². The van der Waals surface area contributed by atoms with Crippen molar-refractivity contribution >= 4 is 26.7 Å². The normalized spacial score (nSPS) is 22.4. The van der Waals surface area contributed by atoms with Gasteiger partial charge in [0.05, 0.1) is 10.3 Å². The molecule has 3 aromatic carbocycles. The maximum absolute atomic E-state index is 13.8. The molecule has 182 valence electrons. The molecule has 3 aromatic rings. The first kappa shape index (κ1) is 22.8. The number of hydrogen-bond acceptors (Lipinski definition) is 3. The third kappa shape index (κ3) is 3.54. The molecule has 5 heteroatoms. The summed E-state index contributed by atoms with van der Waals surface area (Å²) in [7, 11) is -4.02. The Hall–Kier alpha value is -2.66. The molecule has 0 radical (unpaired) electrons. The van der Waals surface area contributed by atoms with Crippen LogP contribution in [-0.2, 0) is 26.7 Å². The zero-order valence-electron chi connectivity index (χ0n) is 20.3. The molecule has 2 fully saturated rings. The van der Waals surface area contributed by atoms with E-state index in [4.69, 9.17) is 0 Å². The Morgan fingerprint density at radius 1 is 0.886 bits per heavy atom. The van der Waals surface area contributed by atoms with Gasteiger partial charge in [-0.3, -0.25) is 4.79 Å². The summed E-state index contributed by atoms with van der Waals surface area (Å²) in [5, 5.41) is 1.68. The molecule has 0 aromatic heterocycles. The first-order chi connectivity index (χ1) is 16.9. The molecule has 2 saturated carbocycles. The van der Waals surface area contributed by atoms with Gasteiger partial charge in [0, 0.05) is 5.39 Å². The van der Waals surface area contributed by atoms with Gasteiger partial charge in [-0.25, -0.2) is 13.1 Å². The lowest BCUT2D eigenvalue weighted by Crippen LogP contribution is -2.45. The molecular weight excluding hydrogens is 454 g/mol. The van der Waals surface area contributed by atoms with Gasteiger partial charge >= 0.3 is 0 Å². The molecule has 6 rings (SSSR count). The number of carbonyl (C=O) groups excluding carboxylic acids is 1. The second-order valence-electron chi connectivity index (χ2n) is 10.7. The molecule has 0 heterocycles. The highest BCUT2D eigenvalue weighted by Gasteiger charge is 2.46. The second kappa shape index (κ2) is 8.48. The number of benzene rings is 3. The smallest absolute Gasteiger partial charge is 0.264 e. The predicted molar refractivity (Wildman–Crippen MR) is 139 cm³/mol. The average molecular weight is 488 g/mol. The second-order valence-corrected chi connectivity index (χ2v) is 12.3. The van der Waals surface area contributed by atoms with Crippen LogP contribution in [-0.4, -0.2) is 14.3 Å². The van der Waals surface area contributed by atoms with Crippen molar-refractivity contribution in [1.82, 2.24) is 4.72 Å². The lowest BCUT2D eigenvalue weighted by atomic mass is 9.75. The topological polar surface area (TPSA) is 63.2 Å². The summed E-state index contributed by atoms with van der Waals surface area (Å²) in [6, 6.07) is 17.7. The minimum absolute atomic E-state index is 0.192. The number of hydrogen-bond donors (Lipinski definition) is 1. The number of rotatable bonds is 6. The minimum atomic E-state index is -4.02. The van der Waals surface area contributed by atoms with Gasteiger partial charge in [-0.15, -0.1) is 0 Å². The van der Waals surface area contributed by atoms with Gasteiger partial charge < -0.3 is 0 Å². The SMILES string of the molecule is CCC1(C(=O)NS(=O)(=O)c2cccc3c(C4CCC4)cccc23)CCc2c(C3CCC3)cccc21. The fourth-order valence-corrected chi connectivity index (χ4v) is 7.83. The van der Waals surface area contributed by atoms with Crippen molar-refractivity contribution in [3.8, 4) is 0 Å². The van der Waals surface area contributed by atoms with E-state index in [1.54, 1.807) is 12.1 Å². The van der Waals surface area contributed by atoms with Gasteiger partial charge in [0.2, 0.25) is 5.91 Å². The minimum Gasteiger partial charge on any atom is -0.273 e. The third-order valence-electron chi connectivity index (χ3n) is 9.09. The number of sulfonamides is 1. The molecule has 3 aliphatic carbocycles. The van der Waals surface area contributed by atoms with E-state index in [9.17, 15) is 13.2 Å². The fraction of sp³-hybridized carbons (Fsp3) is 0.433. The summed E-state index contributed by atoms with van der Waals surface area (Å²) in [5.41, 5.74) is 4.10. The van der Waals surface area contributed by atoms with Crippen LogP contribution in [0.1, 0.15) is 92.4 Å². The molecule has 0 aliphatic heterocycles. The van der Waals surface area contributed by atoms with Crippen molar-refractivity contribution in [1.29, 1.82) is 0 Å². The molecule has 1 amide bonds. The van der Waals surface area contributed by atoms with Crippen LogP contribution >= 0.6 is 0 Å². The van der Waals surface area contributed by atoms with Gasteiger partial charge in [0.25, 0.3) is 10.0 Å². The Morgan fingerprint density at radius 2 is 1.51 bits per heavy atom. The van der Waals surface area contributed by atoms with Gasteiger partial charge in [-0.05, 0) is 90.5 Å². The number of nitrogens with one attached hydrogen (secondary N) is 1. The zero-order chi connectivity index (χ0) is 24.2. The molecule has 1 N–H and O–H groups in total. The van der Waals surface area contributed by atoms with Crippen molar-refractivity contribution in [3.63, 3.8) is 0 Å². The summed E-state index contributed by atoms with van der Waals surface area (Å²) >= 11 is 0. The lowest BCUT2D eigenvalue weighted by Gasteiger charge is -2.30. The quantitative estimate of drug-likeness (QED) is 0.433. The van der Waals surface area contributed by atoms with E-state index in [2.05, 4.69) is 22.9 Å². The van der Waals surface area contributed by atoms with Crippen LogP contribution in [0.2, 0.25) is 0 Å².